The van der Waals surface area contributed by atoms with Gasteiger partial charge in [-0.05, 0) is 42.8 Å². The Morgan fingerprint density at radius 1 is 0.958 bits per heavy atom. The van der Waals surface area contributed by atoms with Crippen LogP contribution in [0, 0.1) is 0 Å². The number of furan rings is 1. The van der Waals surface area contributed by atoms with Gasteiger partial charge in [0.1, 0.15) is 11.6 Å². The zero-order chi connectivity index (χ0) is 16.6. The molecule has 2 aromatic heterocycles. The third-order valence-corrected chi connectivity index (χ3v) is 4.36. The smallest absolute Gasteiger partial charge is 0.133 e. The van der Waals surface area contributed by atoms with Crippen molar-refractivity contribution >= 4 is 23.2 Å². The Morgan fingerprint density at radius 3 is 2.62 bits per heavy atom. The van der Waals surface area contributed by atoms with Gasteiger partial charge in [0, 0.05) is 6.54 Å². The van der Waals surface area contributed by atoms with Gasteiger partial charge in [-0.15, -0.1) is 0 Å². The van der Waals surface area contributed by atoms with Gasteiger partial charge in [0.2, 0.25) is 0 Å². The fourth-order valence-corrected chi connectivity index (χ4v) is 3.05. The van der Waals surface area contributed by atoms with Crippen molar-refractivity contribution < 1.29 is 4.42 Å². The number of rotatable bonds is 9. The highest BCUT2D eigenvalue weighted by atomic mass is 16.3. The first-order valence-electron chi connectivity index (χ1n) is 9.05. The van der Waals surface area contributed by atoms with Crippen LogP contribution >= 0.6 is 0 Å². The molecule has 0 radical (unpaired) electrons. The second kappa shape index (κ2) is 8.53. The van der Waals surface area contributed by atoms with Crippen LogP contribution in [0.1, 0.15) is 57.0 Å². The molecule has 0 aliphatic rings. The summed E-state index contributed by atoms with van der Waals surface area (Å²) in [4.78, 5) is 4.77. The highest BCUT2D eigenvalue weighted by molar-refractivity contribution is 5.79. The van der Waals surface area contributed by atoms with Crippen molar-refractivity contribution in [3.8, 4) is 0 Å². The standard InChI is InChI=1S/C21H26N2O/c1-2-3-4-5-6-9-16-23-20-13-8-7-12-19(20)22-21(23)15-14-18-11-10-17-24-18/h7-8,10-15,17H,2-6,9,16H2,1H3/b15-14+. The van der Waals surface area contributed by atoms with Crippen molar-refractivity contribution in [1.82, 2.24) is 9.55 Å². The molecule has 24 heavy (non-hydrogen) atoms. The predicted octanol–water partition coefficient (Wildman–Crippen LogP) is 6.16. The summed E-state index contributed by atoms with van der Waals surface area (Å²) in [7, 11) is 0. The van der Waals surface area contributed by atoms with E-state index < -0.39 is 0 Å². The summed E-state index contributed by atoms with van der Waals surface area (Å²) in [6, 6.07) is 12.2. The van der Waals surface area contributed by atoms with E-state index in [0.29, 0.717) is 0 Å². The number of aromatic nitrogens is 2. The van der Waals surface area contributed by atoms with Gasteiger partial charge in [0.25, 0.3) is 0 Å². The van der Waals surface area contributed by atoms with Crippen LogP contribution in [0.15, 0.2) is 47.1 Å². The average molecular weight is 322 g/mol. The molecule has 0 saturated carbocycles. The molecule has 0 bridgehead atoms. The van der Waals surface area contributed by atoms with Gasteiger partial charge in [-0.1, -0.05) is 51.2 Å². The van der Waals surface area contributed by atoms with E-state index in [9.17, 15) is 0 Å². The summed E-state index contributed by atoms with van der Waals surface area (Å²) in [6.07, 6.45) is 13.6. The van der Waals surface area contributed by atoms with Gasteiger partial charge >= 0.3 is 0 Å². The Bertz CT molecular complexity index is 768. The first-order valence-corrected chi connectivity index (χ1v) is 9.05. The van der Waals surface area contributed by atoms with Crippen molar-refractivity contribution in [2.75, 3.05) is 0 Å². The first-order chi connectivity index (χ1) is 11.9. The molecule has 0 fully saturated rings. The van der Waals surface area contributed by atoms with Gasteiger partial charge in [-0.25, -0.2) is 4.98 Å². The van der Waals surface area contributed by atoms with Gasteiger partial charge in [0.05, 0.1) is 17.3 Å². The molecule has 0 atom stereocenters. The van der Waals surface area contributed by atoms with Crippen molar-refractivity contribution in [1.29, 1.82) is 0 Å². The van der Waals surface area contributed by atoms with E-state index in [-0.39, 0.29) is 0 Å². The summed E-state index contributed by atoms with van der Waals surface area (Å²) in [6.45, 7) is 3.28. The van der Waals surface area contributed by atoms with Crippen molar-refractivity contribution in [3.05, 3.63) is 54.2 Å². The van der Waals surface area contributed by atoms with E-state index in [1.54, 1.807) is 6.26 Å². The topological polar surface area (TPSA) is 31.0 Å². The minimum atomic E-state index is 0.855. The van der Waals surface area contributed by atoms with Crippen molar-refractivity contribution in [2.45, 2.75) is 52.0 Å². The van der Waals surface area contributed by atoms with Crippen molar-refractivity contribution in [2.24, 2.45) is 0 Å². The summed E-state index contributed by atoms with van der Waals surface area (Å²) in [5.41, 5.74) is 2.27. The number of hydrogen-bond acceptors (Lipinski definition) is 2. The van der Waals surface area contributed by atoms with E-state index in [4.69, 9.17) is 9.40 Å². The number of benzene rings is 1. The maximum Gasteiger partial charge on any atom is 0.133 e. The molecule has 3 nitrogen and oxygen atoms in total. The SMILES string of the molecule is CCCCCCCCn1c(/C=C/c2ccco2)nc2ccccc21. The minimum Gasteiger partial charge on any atom is -0.465 e. The predicted molar refractivity (Wildman–Crippen MR) is 101 cm³/mol. The third kappa shape index (κ3) is 4.16. The second-order valence-corrected chi connectivity index (χ2v) is 6.23. The van der Waals surface area contributed by atoms with Crippen LogP contribution in [-0.4, -0.2) is 9.55 Å². The van der Waals surface area contributed by atoms with E-state index in [0.717, 1.165) is 23.6 Å². The lowest BCUT2D eigenvalue weighted by atomic mass is 10.1. The van der Waals surface area contributed by atoms with E-state index in [1.807, 2.05) is 24.3 Å². The molecular formula is C21H26N2O. The number of para-hydroxylation sites is 2. The molecule has 2 heterocycles. The molecule has 0 unspecified atom stereocenters. The molecule has 3 heteroatoms. The monoisotopic (exact) mass is 322 g/mol. The van der Waals surface area contributed by atoms with Crippen LogP contribution in [0.4, 0.5) is 0 Å². The lowest BCUT2D eigenvalue weighted by Gasteiger charge is -2.07. The highest BCUT2D eigenvalue weighted by Gasteiger charge is 2.07. The van der Waals surface area contributed by atoms with Crippen LogP contribution < -0.4 is 0 Å². The summed E-state index contributed by atoms with van der Waals surface area (Å²) < 4.78 is 7.71. The third-order valence-electron chi connectivity index (χ3n) is 4.36. The summed E-state index contributed by atoms with van der Waals surface area (Å²) in [5.74, 6) is 1.86. The zero-order valence-corrected chi connectivity index (χ0v) is 14.4. The molecule has 0 N–H and O–H groups in total. The molecule has 0 spiro atoms. The first kappa shape index (κ1) is 16.6. The molecule has 3 rings (SSSR count). The molecular weight excluding hydrogens is 296 g/mol. The van der Waals surface area contributed by atoms with Crippen LogP contribution in [0.2, 0.25) is 0 Å². The fraction of sp³-hybridized carbons (Fsp3) is 0.381. The van der Waals surface area contributed by atoms with Crippen LogP contribution in [0.3, 0.4) is 0 Å². The Hall–Kier alpha value is -2.29. The fourth-order valence-electron chi connectivity index (χ4n) is 3.05. The summed E-state index contributed by atoms with van der Waals surface area (Å²) in [5, 5.41) is 0. The molecule has 0 saturated heterocycles. The number of hydrogen-bond donors (Lipinski definition) is 0. The zero-order valence-electron chi connectivity index (χ0n) is 14.4. The van der Waals surface area contributed by atoms with E-state index in [2.05, 4.69) is 35.8 Å². The molecule has 1 aromatic carbocycles. The Labute approximate surface area is 144 Å². The molecule has 0 aliphatic heterocycles. The van der Waals surface area contributed by atoms with Crippen LogP contribution in [-0.2, 0) is 6.54 Å². The molecule has 3 aromatic rings. The lowest BCUT2D eigenvalue weighted by Crippen LogP contribution is -2.00. The Morgan fingerprint density at radius 2 is 1.79 bits per heavy atom. The number of aryl methyl sites for hydroxylation is 1. The second-order valence-electron chi connectivity index (χ2n) is 6.23. The normalized spacial score (nSPS) is 11.7. The lowest BCUT2D eigenvalue weighted by molar-refractivity contribution is 0.556. The number of imidazole rings is 1. The Kier molecular flexibility index (Phi) is 5.89. The van der Waals surface area contributed by atoms with Crippen molar-refractivity contribution in [3.63, 3.8) is 0 Å². The Balaban J connectivity index is 1.72. The number of nitrogens with zero attached hydrogens (tertiary/aromatic N) is 2. The maximum atomic E-state index is 5.38. The average Bonchev–Trinajstić information content (AvgIpc) is 3.24. The number of unbranched alkanes of at least 4 members (excludes halogenated alkanes) is 5. The van der Waals surface area contributed by atoms with Gasteiger partial charge in [-0.3, -0.25) is 0 Å². The van der Waals surface area contributed by atoms with Gasteiger partial charge < -0.3 is 8.98 Å². The maximum absolute atomic E-state index is 5.38. The molecule has 0 aliphatic carbocycles. The van der Waals surface area contributed by atoms with E-state index >= 15 is 0 Å². The highest BCUT2D eigenvalue weighted by Crippen LogP contribution is 2.19. The quantitative estimate of drug-likeness (QED) is 0.442. The molecule has 0 amide bonds. The van der Waals surface area contributed by atoms with Gasteiger partial charge in [0.15, 0.2) is 0 Å². The van der Waals surface area contributed by atoms with E-state index in [1.165, 1.54) is 44.0 Å². The molecule has 126 valence electrons. The van der Waals surface area contributed by atoms with Crippen LogP contribution in [0.5, 0.6) is 0 Å². The van der Waals surface area contributed by atoms with Gasteiger partial charge in [-0.2, -0.15) is 0 Å². The largest absolute Gasteiger partial charge is 0.465 e. The van der Waals surface area contributed by atoms with Crippen LogP contribution in [0.25, 0.3) is 23.2 Å². The summed E-state index contributed by atoms with van der Waals surface area (Å²) >= 11 is 0. The minimum absolute atomic E-state index is 0.855. The number of fused-ring (bicyclic) bond motifs is 1.